The SMILES string of the molecule is COC(=O)c1ccc(NCC(O)C(C)C)nn1. The normalized spacial score (nSPS) is 12.3. The standard InChI is InChI=1S/C11H17N3O3/c1-7(2)9(15)6-12-10-5-4-8(13-14-10)11(16)17-3/h4-5,7,9,15H,6H2,1-3H3,(H,12,14). The second-order valence-electron chi connectivity index (χ2n) is 3.99. The summed E-state index contributed by atoms with van der Waals surface area (Å²) in [5, 5.41) is 20.0. The van der Waals surface area contributed by atoms with Crippen LogP contribution in [0.25, 0.3) is 0 Å². The molecule has 0 saturated carbocycles. The third-order valence-electron chi connectivity index (χ3n) is 2.32. The summed E-state index contributed by atoms with van der Waals surface area (Å²) in [5.41, 5.74) is 0.155. The number of esters is 1. The molecule has 0 bridgehead atoms. The summed E-state index contributed by atoms with van der Waals surface area (Å²) < 4.78 is 4.50. The molecule has 1 unspecified atom stereocenters. The predicted molar refractivity (Wildman–Crippen MR) is 62.7 cm³/mol. The molecule has 0 saturated heterocycles. The summed E-state index contributed by atoms with van der Waals surface area (Å²) in [4.78, 5) is 11.1. The lowest BCUT2D eigenvalue weighted by molar-refractivity contribution is 0.0592. The fourth-order valence-electron chi connectivity index (χ4n) is 1.08. The molecule has 94 valence electrons. The van der Waals surface area contributed by atoms with Crippen molar-refractivity contribution in [2.45, 2.75) is 20.0 Å². The number of methoxy groups -OCH3 is 1. The number of carbonyl (C=O) groups excluding carboxylic acids is 1. The Morgan fingerprint density at radius 3 is 2.65 bits per heavy atom. The Hall–Kier alpha value is -1.69. The second kappa shape index (κ2) is 6.15. The van der Waals surface area contributed by atoms with Gasteiger partial charge in [0.1, 0.15) is 5.82 Å². The Morgan fingerprint density at radius 2 is 2.18 bits per heavy atom. The average molecular weight is 239 g/mol. The topological polar surface area (TPSA) is 84.3 Å². The number of aliphatic hydroxyl groups excluding tert-OH is 1. The van der Waals surface area contributed by atoms with Gasteiger partial charge >= 0.3 is 5.97 Å². The average Bonchev–Trinajstić information content (AvgIpc) is 2.35. The molecule has 0 radical (unpaired) electrons. The van der Waals surface area contributed by atoms with E-state index in [4.69, 9.17) is 0 Å². The molecular formula is C11H17N3O3. The predicted octanol–water partition coefficient (Wildman–Crippen LogP) is 0.692. The van der Waals surface area contributed by atoms with Gasteiger partial charge in [-0.2, -0.15) is 0 Å². The highest BCUT2D eigenvalue weighted by molar-refractivity contribution is 5.86. The lowest BCUT2D eigenvalue weighted by atomic mass is 10.1. The number of ether oxygens (including phenoxy) is 1. The van der Waals surface area contributed by atoms with E-state index in [0.29, 0.717) is 12.4 Å². The zero-order valence-electron chi connectivity index (χ0n) is 10.2. The summed E-state index contributed by atoms with van der Waals surface area (Å²) in [6.07, 6.45) is -0.447. The zero-order valence-corrected chi connectivity index (χ0v) is 10.2. The first-order valence-corrected chi connectivity index (χ1v) is 5.38. The maximum atomic E-state index is 11.1. The van der Waals surface area contributed by atoms with Crippen LogP contribution in [-0.2, 0) is 4.74 Å². The third kappa shape index (κ3) is 3.99. The summed E-state index contributed by atoms with van der Waals surface area (Å²) in [5.74, 6) is 0.161. The van der Waals surface area contributed by atoms with E-state index >= 15 is 0 Å². The summed E-state index contributed by atoms with van der Waals surface area (Å²) in [6.45, 7) is 4.25. The van der Waals surface area contributed by atoms with Crippen LogP contribution in [0.4, 0.5) is 5.82 Å². The van der Waals surface area contributed by atoms with Crippen molar-refractivity contribution in [1.29, 1.82) is 0 Å². The van der Waals surface area contributed by atoms with Gasteiger partial charge in [-0.05, 0) is 18.1 Å². The van der Waals surface area contributed by atoms with Crippen molar-refractivity contribution in [2.24, 2.45) is 5.92 Å². The minimum absolute atomic E-state index is 0.155. The minimum Gasteiger partial charge on any atom is -0.464 e. The zero-order chi connectivity index (χ0) is 12.8. The molecule has 0 aliphatic carbocycles. The van der Waals surface area contributed by atoms with E-state index in [-0.39, 0.29) is 11.6 Å². The highest BCUT2D eigenvalue weighted by Gasteiger charge is 2.10. The van der Waals surface area contributed by atoms with Gasteiger partial charge in [0, 0.05) is 6.54 Å². The maximum Gasteiger partial charge on any atom is 0.358 e. The molecule has 1 aromatic heterocycles. The Bertz CT molecular complexity index is 365. The molecule has 0 aliphatic rings. The van der Waals surface area contributed by atoms with E-state index in [1.807, 2.05) is 13.8 Å². The van der Waals surface area contributed by atoms with E-state index in [1.165, 1.54) is 13.2 Å². The number of aromatic nitrogens is 2. The molecule has 0 fully saturated rings. The van der Waals surface area contributed by atoms with E-state index < -0.39 is 12.1 Å². The Kier molecular flexibility index (Phi) is 4.84. The molecule has 0 spiro atoms. The molecule has 1 heterocycles. The van der Waals surface area contributed by atoms with Crippen LogP contribution in [0.3, 0.4) is 0 Å². The number of aliphatic hydroxyl groups is 1. The molecule has 6 heteroatoms. The Balaban J connectivity index is 2.54. The highest BCUT2D eigenvalue weighted by atomic mass is 16.5. The smallest absolute Gasteiger partial charge is 0.358 e. The van der Waals surface area contributed by atoms with Crippen molar-refractivity contribution in [1.82, 2.24) is 10.2 Å². The minimum atomic E-state index is -0.522. The second-order valence-corrected chi connectivity index (χ2v) is 3.99. The summed E-state index contributed by atoms with van der Waals surface area (Å²) in [7, 11) is 1.29. The van der Waals surface area contributed by atoms with Crippen LogP contribution in [0.5, 0.6) is 0 Å². The molecular weight excluding hydrogens is 222 g/mol. The van der Waals surface area contributed by atoms with Gasteiger partial charge in [-0.1, -0.05) is 13.8 Å². The van der Waals surface area contributed by atoms with Crippen LogP contribution in [-0.4, -0.2) is 41.0 Å². The van der Waals surface area contributed by atoms with Gasteiger partial charge in [-0.3, -0.25) is 0 Å². The largest absolute Gasteiger partial charge is 0.464 e. The Morgan fingerprint density at radius 1 is 1.47 bits per heavy atom. The van der Waals surface area contributed by atoms with Crippen LogP contribution in [0.1, 0.15) is 24.3 Å². The number of nitrogens with one attached hydrogen (secondary N) is 1. The highest BCUT2D eigenvalue weighted by Crippen LogP contribution is 2.05. The lowest BCUT2D eigenvalue weighted by Crippen LogP contribution is -2.25. The quantitative estimate of drug-likeness (QED) is 0.735. The lowest BCUT2D eigenvalue weighted by Gasteiger charge is -2.14. The maximum absolute atomic E-state index is 11.1. The van der Waals surface area contributed by atoms with Crippen LogP contribution < -0.4 is 5.32 Å². The van der Waals surface area contributed by atoms with Crippen molar-refractivity contribution < 1.29 is 14.6 Å². The molecule has 1 rings (SSSR count). The number of rotatable bonds is 5. The van der Waals surface area contributed by atoms with Crippen molar-refractivity contribution >= 4 is 11.8 Å². The summed E-state index contributed by atoms with van der Waals surface area (Å²) >= 11 is 0. The van der Waals surface area contributed by atoms with Gasteiger partial charge in [0.2, 0.25) is 0 Å². The van der Waals surface area contributed by atoms with E-state index in [0.717, 1.165) is 0 Å². The third-order valence-corrected chi connectivity index (χ3v) is 2.32. The van der Waals surface area contributed by atoms with Crippen molar-refractivity contribution in [3.05, 3.63) is 17.8 Å². The van der Waals surface area contributed by atoms with Gasteiger partial charge < -0.3 is 15.2 Å². The van der Waals surface area contributed by atoms with Gasteiger partial charge in [-0.25, -0.2) is 4.79 Å². The van der Waals surface area contributed by atoms with Crippen LogP contribution in [0, 0.1) is 5.92 Å². The molecule has 2 N–H and O–H groups in total. The van der Waals surface area contributed by atoms with Crippen LogP contribution >= 0.6 is 0 Å². The van der Waals surface area contributed by atoms with Crippen molar-refractivity contribution in [3.63, 3.8) is 0 Å². The molecule has 17 heavy (non-hydrogen) atoms. The molecule has 0 aromatic carbocycles. The van der Waals surface area contributed by atoms with Crippen LogP contribution in [0.15, 0.2) is 12.1 Å². The van der Waals surface area contributed by atoms with Crippen molar-refractivity contribution in [2.75, 3.05) is 19.0 Å². The van der Waals surface area contributed by atoms with Gasteiger partial charge in [0.05, 0.1) is 13.2 Å². The van der Waals surface area contributed by atoms with Gasteiger partial charge in [-0.15, -0.1) is 10.2 Å². The molecule has 0 amide bonds. The summed E-state index contributed by atoms with van der Waals surface area (Å²) in [6, 6.07) is 3.13. The first-order chi connectivity index (χ1) is 8.04. The van der Waals surface area contributed by atoms with Crippen LogP contribution in [0.2, 0.25) is 0 Å². The monoisotopic (exact) mass is 239 g/mol. The van der Waals surface area contributed by atoms with Gasteiger partial charge in [0.25, 0.3) is 0 Å². The Labute approximate surface area is 100 Å². The number of hydrogen-bond donors (Lipinski definition) is 2. The number of hydrogen-bond acceptors (Lipinski definition) is 6. The number of anilines is 1. The number of nitrogens with zero attached hydrogens (tertiary/aromatic N) is 2. The van der Waals surface area contributed by atoms with Crippen molar-refractivity contribution in [3.8, 4) is 0 Å². The fourth-order valence-corrected chi connectivity index (χ4v) is 1.08. The molecule has 6 nitrogen and oxygen atoms in total. The van der Waals surface area contributed by atoms with E-state index in [2.05, 4.69) is 20.3 Å². The molecule has 1 aromatic rings. The molecule has 0 aliphatic heterocycles. The molecule has 1 atom stereocenters. The number of carbonyl (C=O) groups is 1. The van der Waals surface area contributed by atoms with Gasteiger partial charge in [0.15, 0.2) is 5.69 Å². The van der Waals surface area contributed by atoms with E-state index in [1.54, 1.807) is 6.07 Å². The fraction of sp³-hybridized carbons (Fsp3) is 0.545. The first-order valence-electron chi connectivity index (χ1n) is 5.38. The first kappa shape index (κ1) is 13.4. The van der Waals surface area contributed by atoms with E-state index in [9.17, 15) is 9.90 Å².